The van der Waals surface area contributed by atoms with E-state index in [-0.39, 0.29) is 11.3 Å². The van der Waals surface area contributed by atoms with E-state index in [0.29, 0.717) is 29.2 Å². The lowest BCUT2D eigenvalue weighted by Gasteiger charge is -2.40. The number of nitrogens with two attached hydrogens (primary N) is 1. The van der Waals surface area contributed by atoms with Crippen LogP contribution in [0.4, 0.5) is 5.69 Å². The van der Waals surface area contributed by atoms with Crippen LogP contribution in [0.25, 0.3) is 0 Å². The molecule has 0 radical (unpaired) electrons. The Bertz CT molecular complexity index is 526. The molecule has 1 fully saturated rings. The summed E-state index contributed by atoms with van der Waals surface area (Å²) in [6, 6.07) is 6.85. The summed E-state index contributed by atoms with van der Waals surface area (Å²) in [5, 5.41) is 11.9. The first kappa shape index (κ1) is 13.9. The van der Waals surface area contributed by atoms with Gasteiger partial charge in [0.1, 0.15) is 6.07 Å². The lowest BCUT2D eigenvalue weighted by molar-refractivity contribution is -0.119. The molecule has 1 saturated carbocycles. The predicted molar refractivity (Wildman–Crippen MR) is 74.8 cm³/mol. The molecule has 0 aromatic heterocycles. The Hall–Kier alpha value is -1.57. The van der Waals surface area contributed by atoms with Crippen molar-refractivity contribution in [3.05, 3.63) is 28.8 Å². The van der Waals surface area contributed by atoms with Crippen LogP contribution < -0.4 is 11.1 Å². The van der Waals surface area contributed by atoms with Gasteiger partial charge in [-0.25, -0.2) is 0 Å². The summed E-state index contributed by atoms with van der Waals surface area (Å²) in [5.41, 5.74) is 6.73. The van der Waals surface area contributed by atoms with E-state index < -0.39 is 0 Å². The number of amides is 1. The summed E-state index contributed by atoms with van der Waals surface area (Å²) in [5.74, 6) is -0.0501. The summed E-state index contributed by atoms with van der Waals surface area (Å²) < 4.78 is 0. The maximum Gasteiger partial charge on any atom is 0.224 e. The Morgan fingerprint density at radius 1 is 1.53 bits per heavy atom. The number of anilines is 1. The number of benzene rings is 1. The fourth-order valence-corrected chi connectivity index (χ4v) is 2.58. The van der Waals surface area contributed by atoms with Crippen molar-refractivity contribution in [2.24, 2.45) is 11.1 Å². The number of nitrogens with zero attached hydrogens (tertiary/aromatic N) is 1. The molecule has 100 valence electrons. The first-order valence-electron chi connectivity index (χ1n) is 6.28. The Labute approximate surface area is 117 Å². The number of halogens is 1. The smallest absolute Gasteiger partial charge is 0.224 e. The number of rotatable bonds is 4. The van der Waals surface area contributed by atoms with E-state index in [1.54, 1.807) is 18.2 Å². The molecular weight excluding hydrogens is 262 g/mol. The van der Waals surface area contributed by atoms with Crippen molar-refractivity contribution >= 4 is 23.2 Å². The van der Waals surface area contributed by atoms with Gasteiger partial charge in [0.2, 0.25) is 5.91 Å². The standard InChI is InChI=1S/C14H16ClN3O/c15-12-6-11(3-2-10(12)8-16)18-13(19)7-14(9-17)4-1-5-14/h2-3,6H,1,4-5,7,9,17H2,(H,18,19). The second-order valence-corrected chi connectivity index (χ2v) is 5.50. The third kappa shape index (κ3) is 3.06. The molecule has 0 atom stereocenters. The van der Waals surface area contributed by atoms with Crippen molar-refractivity contribution in [3.8, 4) is 6.07 Å². The normalized spacial score (nSPS) is 16.3. The zero-order valence-electron chi connectivity index (χ0n) is 10.6. The minimum atomic E-state index is -0.0501. The number of nitriles is 1. The van der Waals surface area contributed by atoms with Crippen LogP contribution in [0.3, 0.4) is 0 Å². The van der Waals surface area contributed by atoms with Gasteiger partial charge in [-0.2, -0.15) is 5.26 Å². The number of carbonyl (C=O) groups excluding carboxylic acids is 1. The highest BCUT2D eigenvalue weighted by Gasteiger charge is 2.37. The average Bonchev–Trinajstić information content (AvgIpc) is 2.34. The molecule has 0 spiro atoms. The van der Waals surface area contributed by atoms with E-state index >= 15 is 0 Å². The molecule has 0 bridgehead atoms. The summed E-state index contributed by atoms with van der Waals surface area (Å²) in [7, 11) is 0. The Morgan fingerprint density at radius 3 is 2.74 bits per heavy atom. The largest absolute Gasteiger partial charge is 0.330 e. The van der Waals surface area contributed by atoms with Crippen LogP contribution in [-0.2, 0) is 4.79 Å². The number of nitrogens with one attached hydrogen (secondary N) is 1. The topological polar surface area (TPSA) is 78.9 Å². The third-order valence-electron chi connectivity index (χ3n) is 3.76. The van der Waals surface area contributed by atoms with Crippen molar-refractivity contribution < 1.29 is 4.79 Å². The SMILES string of the molecule is N#Cc1ccc(NC(=O)CC2(CN)CCC2)cc1Cl. The first-order chi connectivity index (χ1) is 9.08. The molecule has 1 aliphatic carbocycles. The van der Waals surface area contributed by atoms with E-state index in [9.17, 15) is 4.79 Å². The highest BCUT2D eigenvalue weighted by Crippen LogP contribution is 2.43. The highest BCUT2D eigenvalue weighted by molar-refractivity contribution is 6.32. The second-order valence-electron chi connectivity index (χ2n) is 5.09. The molecular formula is C14H16ClN3O. The zero-order valence-corrected chi connectivity index (χ0v) is 11.3. The minimum Gasteiger partial charge on any atom is -0.330 e. The molecule has 0 heterocycles. The monoisotopic (exact) mass is 277 g/mol. The van der Waals surface area contributed by atoms with Gasteiger partial charge in [0, 0.05) is 12.1 Å². The van der Waals surface area contributed by atoms with Crippen molar-refractivity contribution in [1.29, 1.82) is 5.26 Å². The summed E-state index contributed by atoms with van der Waals surface area (Å²) in [4.78, 5) is 12.0. The van der Waals surface area contributed by atoms with Gasteiger partial charge in [-0.1, -0.05) is 18.0 Å². The molecule has 19 heavy (non-hydrogen) atoms. The van der Waals surface area contributed by atoms with Crippen LogP contribution in [0.2, 0.25) is 5.02 Å². The van der Waals surface area contributed by atoms with Crippen molar-refractivity contribution in [3.63, 3.8) is 0 Å². The van der Waals surface area contributed by atoms with Crippen molar-refractivity contribution in [2.75, 3.05) is 11.9 Å². The molecule has 1 aliphatic rings. The average molecular weight is 278 g/mol. The number of hydrogen-bond acceptors (Lipinski definition) is 3. The zero-order chi connectivity index (χ0) is 13.9. The van der Waals surface area contributed by atoms with Gasteiger partial charge in [0.25, 0.3) is 0 Å². The highest BCUT2D eigenvalue weighted by atomic mass is 35.5. The fraction of sp³-hybridized carbons (Fsp3) is 0.429. The molecule has 2 rings (SSSR count). The Balaban J connectivity index is 1.99. The number of hydrogen-bond donors (Lipinski definition) is 2. The van der Waals surface area contributed by atoms with E-state index in [0.717, 1.165) is 19.3 Å². The van der Waals surface area contributed by atoms with Crippen LogP contribution in [0, 0.1) is 16.7 Å². The summed E-state index contributed by atoms with van der Waals surface area (Å²) in [6.45, 7) is 0.550. The maximum atomic E-state index is 12.0. The van der Waals surface area contributed by atoms with Crippen molar-refractivity contribution in [1.82, 2.24) is 0 Å². The van der Waals surface area contributed by atoms with Gasteiger partial charge in [0.05, 0.1) is 10.6 Å². The van der Waals surface area contributed by atoms with Gasteiger partial charge in [-0.05, 0) is 43.0 Å². The van der Waals surface area contributed by atoms with Gasteiger partial charge >= 0.3 is 0 Å². The predicted octanol–water partition coefficient (Wildman–Crippen LogP) is 2.67. The Morgan fingerprint density at radius 2 is 2.26 bits per heavy atom. The van der Waals surface area contributed by atoms with Gasteiger partial charge < -0.3 is 11.1 Å². The van der Waals surface area contributed by atoms with Crippen LogP contribution in [0.1, 0.15) is 31.2 Å². The first-order valence-corrected chi connectivity index (χ1v) is 6.66. The van der Waals surface area contributed by atoms with Gasteiger partial charge in [0.15, 0.2) is 0 Å². The lowest BCUT2D eigenvalue weighted by atomic mass is 9.66. The van der Waals surface area contributed by atoms with Crippen LogP contribution in [-0.4, -0.2) is 12.5 Å². The van der Waals surface area contributed by atoms with Gasteiger partial charge in [-0.15, -0.1) is 0 Å². The maximum absolute atomic E-state index is 12.0. The van der Waals surface area contributed by atoms with Crippen LogP contribution >= 0.6 is 11.6 Å². The molecule has 0 aliphatic heterocycles. The molecule has 1 amide bonds. The quantitative estimate of drug-likeness (QED) is 0.888. The molecule has 1 aromatic rings. The fourth-order valence-electron chi connectivity index (χ4n) is 2.36. The van der Waals surface area contributed by atoms with E-state index in [2.05, 4.69) is 5.32 Å². The minimum absolute atomic E-state index is 0.0134. The molecule has 5 heteroatoms. The van der Waals surface area contributed by atoms with Crippen molar-refractivity contribution in [2.45, 2.75) is 25.7 Å². The molecule has 3 N–H and O–H groups in total. The summed E-state index contributed by atoms with van der Waals surface area (Å²) >= 11 is 5.92. The van der Waals surface area contributed by atoms with Crippen LogP contribution in [0.15, 0.2) is 18.2 Å². The van der Waals surface area contributed by atoms with E-state index in [4.69, 9.17) is 22.6 Å². The molecule has 4 nitrogen and oxygen atoms in total. The molecule has 0 unspecified atom stereocenters. The van der Waals surface area contributed by atoms with Gasteiger partial charge in [-0.3, -0.25) is 4.79 Å². The lowest BCUT2D eigenvalue weighted by Crippen LogP contribution is -2.40. The summed E-state index contributed by atoms with van der Waals surface area (Å²) in [6.07, 6.45) is 3.63. The van der Waals surface area contributed by atoms with E-state index in [1.807, 2.05) is 6.07 Å². The third-order valence-corrected chi connectivity index (χ3v) is 4.07. The van der Waals surface area contributed by atoms with Crippen LogP contribution in [0.5, 0.6) is 0 Å². The molecule has 1 aromatic carbocycles. The molecule has 0 saturated heterocycles. The second kappa shape index (κ2) is 5.60. The van der Waals surface area contributed by atoms with E-state index in [1.165, 1.54) is 0 Å². The Kier molecular flexibility index (Phi) is 4.08. The number of carbonyl (C=O) groups is 1.